The number of hydrogen-bond acceptors (Lipinski definition) is 2. The van der Waals surface area contributed by atoms with Crippen LogP contribution in [0.1, 0.15) is 46.5 Å². The van der Waals surface area contributed by atoms with Crippen molar-refractivity contribution in [3.63, 3.8) is 0 Å². The molecular weight excluding hydrogens is 353 g/mol. The van der Waals surface area contributed by atoms with Crippen LogP contribution in [0.2, 0.25) is 0 Å². The molecule has 1 fully saturated rings. The number of ether oxygens (including phenoxy) is 1. The summed E-state index contributed by atoms with van der Waals surface area (Å²) < 4.78 is 5.45. The van der Waals surface area contributed by atoms with Gasteiger partial charge in [-0.1, -0.05) is 6.92 Å². The molecule has 0 bridgehead atoms. The molecule has 0 aromatic rings. The molecule has 1 aliphatic carbocycles. The van der Waals surface area contributed by atoms with Gasteiger partial charge in [-0.3, -0.25) is 4.99 Å². The Balaban J connectivity index is 0.00000324. The van der Waals surface area contributed by atoms with Gasteiger partial charge in [0.1, 0.15) is 0 Å². The van der Waals surface area contributed by atoms with Crippen LogP contribution in [0.3, 0.4) is 0 Å². The van der Waals surface area contributed by atoms with Crippen LogP contribution < -0.4 is 10.6 Å². The molecule has 0 saturated heterocycles. The minimum Gasteiger partial charge on any atom is -0.382 e. The highest BCUT2D eigenvalue weighted by Crippen LogP contribution is 2.48. The summed E-state index contributed by atoms with van der Waals surface area (Å²) in [6.07, 6.45) is 4.88. The van der Waals surface area contributed by atoms with Crippen LogP contribution in [0.4, 0.5) is 0 Å². The highest BCUT2D eigenvalue weighted by molar-refractivity contribution is 14.0. The summed E-state index contributed by atoms with van der Waals surface area (Å²) in [4.78, 5) is 4.70. The molecular formula is C14H30IN3O. The highest BCUT2D eigenvalue weighted by atomic mass is 127. The summed E-state index contributed by atoms with van der Waals surface area (Å²) in [5.74, 6) is 0.960. The summed E-state index contributed by atoms with van der Waals surface area (Å²) in [5, 5.41) is 6.64. The van der Waals surface area contributed by atoms with Crippen LogP contribution in [-0.4, -0.2) is 38.8 Å². The number of guanidine groups is 1. The fourth-order valence-corrected chi connectivity index (χ4v) is 1.93. The van der Waals surface area contributed by atoms with Gasteiger partial charge < -0.3 is 15.4 Å². The number of halogens is 1. The molecule has 0 spiro atoms. The van der Waals surface area contributed by atoms with Crippen molar-refractivity contribution in [1.82, 2.24) is 10.6 Å². The maximum absolute atomic E-state index is 5.45. The third-order valence-electron chi connectivity index (χ3n) is 3.40. The lowest BCUT2D eigenvalue weighted by atomic mass is 10.0. The number of hydrogen-bond donors (Lipinski definition) is 2. The van der Waals surface area contributed by atoms with Crippen molar-refractivity contribution in [3.05, 3.63) is 0 Å². The molecule has 0 heterocycles. The number of aliphatic imine (C=N–C) groups is 1. The maximum atomic E-state index is 5.45. The molecule has 0 aromatic carbocycles. The average Bonchev–Trinajstić information content (AvgIpc) is 3.14. The third kappa shape index (κ3) is 7.97. The van der Waals surface area contributed by atoms with E-state index in [9.17, 15) is 0 Å². The van der Waals surface area contributed by atoms with Crippen LogP contribution in [0.5, 0.6) is 0 Å². The van der Waals surface area contributed by atoms with E-state index in [4.69, 9.17) is 9.73 Å². The zero-order chi connectivity index (χ0) is 13.3. The number of rotatable bonds is 9. The zero-order valence-electron chi connectivity index (χ0n) is 12.6. The second kappa shape index (κ2) is 10.7. The van der Waals surface area contributed by atoms with E-state index in [1.54, 1.807) is 0 Å². The van der Waals surface area contributed by atoms with Crippen LogP contribution in [0.25, 0.3) is 0 Å². The second-order valence-electron chi connectivity index (χ2n) is 5.07. The van der Waals surface area contributed by atoms with Crippen molar-refractivity contribution >= 4 is 29.9 Å². The van der Waals surface area contributed by atoms with Crippen molar-refractivity contribution in [3.8, 4) is 0 Å². The Morgan fingerprint density at radius 1 is 1.21 bits per heavy atom. The van der Waals surface area contributed by atoms with Gasteiger partial charge in [0.05, 0.1) is 0 Å². The first kappa shape index (κ1) is 19.0. The lowest BCUT2D eigenvalue weighted by molar-refractivity contribution is 0.129. The smallest absolute Gasteiger partial charge is 0.191 e. The molecule has 1 rings (SSSR count). The van der Waals surface area contributed by atoms with E-state index < -0.39 is 0 Å². The molecule has 4 nitrogen and oxygen atoms in total. The van der Waals surface area contributed by atoms with Crippen molar-refractivity contribution in [2.45, 2.75) is 46.5 Å². The Labute approximate surface area is 135 Å². The van der Waals surface area contributed by atoms with E-state index in [2.05, 4.69) is 31.4 Å². The molecule has 0 unspecified atom stereocenters. The Morgan fingerprint density at radius 2 is 1.95 bits per heavy atom. The van der Waals surface area contributed by atoms with Gasteiger partial charge in [0.2, 0.25) is 0 Å². The van der Waals surface area contributed by atoms with Crippen molar-refractivity contribution in [2.24, 2.45) is 10.4 Å². The van der Waals surface area contributed by atoms with Gasteiger partial charge in [-0.15, -0.1) is 24.0 Å². The molecule has 0 atom stereocenters. The van der Waals surface area contributed by atoms with Gasteiger partial charge in [-0.05, 0) is 44.9 Å². The van der Waals surface area contributed by atoms with E-state index in [0.717, 1.165) is 51.6 Å². The lowest BCUT2D eigenvalue weighted by Crippen LogP contribution is -2.38. The quantitative estimate of drug-likeness (QED) is 0.279. The molecule has 19 heavy (non-hydrogen) atoms. The van der Waals surface area contributed by atoms with E-state index in [-0.39, 0.29) is 24.0 Å². The molecule has 1 aliphatic rings. The van der Waals surface area contributed by atoms with Gasteiger partial charge in [0.15, 0.2) is 5.96 Å². The molecule has 0 aliphatic heterocycles. The van der Waals surface area contributed by atoms with Crippen LogP contribution in [-0.2, 0) is 4.74 Å². The molecule has 0 aromatic heterocycles. The normalized spacial score (nSPS) is 16.7. The molecule has 5 heteroatoms. The number of nitrogens with one attached hydrogen (secondary N) is 2. The van der Waals surface area contributed by atoms with Gasteiger partial charge in [-0.25, -0.2) is 0 Å². The zero-order valence-corrected chi connectivity index (χ0v) is 15.0. The van der Waals surface area contributed by atoms with Gasteiger partial charge in [-0.2, -0.15) is 0 Å². The van der Waals surface area contributed by atoms with E-state index >= 15 is 0 Å². The largest absolute Gasteiger partial charge is 0.382 e. The Hall–Kier alpha value is -0.0400. The first-order valence-electron chi connectivity index (χ1n) is 7.36. The summed E-state index contributed by atoms with van der Waals surface area (Å²) >= 11 is 0. The predicted molar refractivity (Wildman–Crippen MR) is 92.5 cm³/mol. The fourth-order valence-electron chi connectivity index (χ4n) is 1.93. The standard InChI is InChI=1S/C14H29N3O.HI/c1-4-10-16-13(15-5-2)17-12-14(7-8-14)9-11-18-6-3;/h4-12H2,1-3H3,(H2,15,16,17);1H. The predicted octanol–water partition coefficient (Wildman–Crippen LogP) is 2.78. The van der Waals surface area contributed by atoms with Crippen LogP contribution in [0.15, 0.2) is 4.99 Å². The van der Waals surface area contributed by atoms with Gasteiger partial charge in [0, 0.05) is 32.8 Å². The minimum absolute atomic E-state index is 0. The molecule has 2 N–H and O–H groups in total. The lowest BCUT2D eigenvalue weighted by Gasteiger charge is -2.15. The Bertz CT molecular complexity index is 255. The van der Waals surface area contributed by atoms with E-state index in [0.29, 0.717) is 5.41 Å². The van der Waals surface area contributed by atoms with Gasteiger partial charge in [0.25, 0.3) is 0 Å². The summed E-state index contributed by atoms with van der Waals surface area (Å²) in [7, 11) is 0. The third-order valence-corrected chi connectivity index (χ3v) is 3.40. The fraction of sp³-hybridized carbons (Fsp3) is 0.929. The molecule has 114 valence electrons. The molecule has 1 saturated carbocycles. The summed E-state index contributed by atoms with van der Waals surface area (Å²) in [6, 6.07) is 0. The maximum Gasteiger partial charge on any atom is 0.191 e. The van der Waals surface area contributed by atoms with Gasteiger partial charge >= 0.3 is 0 Å². The molecule has 0 radical (unpaired) electrons. The van der Waals surface area contributed by atoms with Crippen molar-refractivity contribution in [1.29, 1.82) is 0 Å². The van der Waals surface area contributed by atoms with Crippen molar-refractivity contribution in [2.75, 3.05) is 32.8 Å². The highest BCUT2D eigenvalue weighted by Gasteiger charge is 2.41. The monoisotopic (exact) mass is 383 g/mol. The van der Waals surface area contributed by atoms with Crippen molar-refractivity contribution < 1.29 is 4.74 Å². The topological polar surface area (TPSA) is 45.7 Å². The van der Waals surface area contributed by atoms with E-state index in [1.165, 1.54) is 12.8 Å². The Kier molecular flexibility index (Phi) is 10.7. The minimum atomic E-state index is 0. The average molecular weight is 383 g/mol. The Morgan fingerprint density at radius 3 is 2.47 bits per heavy atom. The summed E-state index contributed by atoms with van der Waals surface area (Å²) in [5.41, 5.74) is 0.434. The van der Waals surface area contributed by atoms with E-state index in [1.807, 2.05) is 0 Å². The van der Waals surface area contributed by atoms with Crippen LogP contribution in [0, 0.1) is 5.41 Å². The SMILES string of the molecule is CCCNC(=NCC1(CCOCC)CC1)NCC.I. The van der Waals surface area contributed by atoms with Crippen LogP contribution >= 0.6 is 24.0 Å². The first-order chi connectivity index (χ1) is 8.76. The first-order valence-corrected chi connectivity index (χ1v) is 7.36. The molecule has 0 amide bonds. The second-order valence-corrected chi connectivity index (χ2v) is 5.07. The number of nitrogens with zero attached hydrogens (tertiary/aromatic N) is 1. The summed E-state index contributed by atoms with van der Waals surface area (Å²) in [6.45, 7) is 10.9.